The molecule has 10 heteroatoms. The summed E-state index contributed by atoms with van der Waals surface area (Å²) >= 11 is 1.55. The van der Waals surface area contributed by atoms with E-state index in [4.69, 9.17) is 0 Å². The number of nitrogens with zero attached hydrogens (tertiary/aromatic N) is 4. The highest BCUT2D eigenvalue weighted by molar-refractivity contribution is 7.20. The summed E-state index contributed by atoms with van der Waals surface area (Å²) in [5.41, 5.74) is 4.02. The van der Waals surface area contributed by atoms with Gasteiger partial charge < -0.3 is 20.5 Å². The number of carbonyl (C=O) groups is 2. The van der Waals surface area contributed by atoms with E-state index in [-0.39, 0.29) is 11.8 Å². The minimum absolute atomic E-state index is 0.0923. The summed E-state index contributed by atoms with van der Waals surface area (Å²) in [6.45, 7) is 0.558. The predicted octanol–water partition coefficient (Wildman–Crippen LogP) is 4.34. The molecule has 0 radical (unpaired) electrons. The normalized spacial score (nSPS) is 16.1. The summed E-state index contributed by atoms with van der Waals surface area (Å²) in [6, 6.07) is 16.8. The third kappa shape index (κ3) is 4.59. The maximum absolute atomic E-state index is 13.4. The molecule has 2 amide bonds. The number of rotatable bonds is 7. The van der Waals surface area contributed by atoms with Gasteiger partial charge in [0.25, 0.3) is 0 Å². The number of H-pyrrole nitrogens is 1. The molecule has 3 N–H and O–H groups in total. The van der Waals surface area contributed by atoms with Crippen LogP contribution in [-0.4, -0.2) is 55.7 Å². The third-order valence-corrected chi connectivity index (χ3v) is 7.94. The first-order chi connectivity index (χ1) is 18.6. The molecule has 4 heterocycles. The Hall–Kier alpha value is -4.28. The molecule has 38 heavy (non-hydrogen) atoms. The molecule has 1 unspecified atom stereocenters. The lowest BCUT2D eigenvalue weighted by Crippen LogP contribution is -2.47. The Morgan fingerprint density at radius 2 is 1.87 bits per heavy atom. The molecule has 9 nitrogen and oxygen atoms in total. The van der Waals surface area contributed by atoms with Crippen molar-refractivity contribution in [3.05, 3.63) is 85.1 Å². The van der Waals surface area contributed by atoms with E-state index in [2.05, 4.69) is 49.9 Å². The zero-order valence-corrected chi connectivity index (χ0v) is 21.6. The predicted molar refractivity (Wildman–Crippen MR) is 148 cm³/mol. The highest BCUT2D eigenvalue weighted by Crippen LogP contribution is 2.31. The minimum atomic E-state index is -0.522. The summed E-state index contributed by atoms with van der Waals surface area (Å²) in [6.07, 6.45) is 8.71. The monoisotopic (exact) mass is 525 g/mol. The Balaban J connectivity index is 1.14. The second-order valence-electron chi connectivity index (χ2n) is 9.27. The lowest BCUT2D eigenvalue weighted by atomic mass is 10.1. The minimum Gasteiger partial charge on any atom is -0.345 e. The fourth-order valence-electron chi connectivity index (χ4n) is 4.97. The van der Waals surface area contributed by atoms with Gasteiger partial charge in [-0.3, -0.25) is 14.0 Å². The van der Waals surface area contributed by atoms with Crippen molar-refractivity contribution in [3.63, 3.8) is 0 Å². The Morgan fingerprint density at radius 1 is 1.08 bits per heavy atom. The molecule has 1 aliphatic heterocycles. The van der Waals surface area contributed by atoms with E-state index in [9.17, 15) is 9.59 Å². The van der Waals surface area contributed by atoms with Crippen LogP contribution in [-0.2, 0) is 9.59 Å². The number of carbonyl (C=O) groups excluding carboxylic acids is 2. The zero-order valence-electron chi connectivity index (χ0n) is 20.8. The average Bonchev–Trinajstić information content (AvgIpc) is 3.74. The van der Waals surface area contributed by atoms with Crippen LogP contribution in [0.3, 0.4) is 0 Å². The van der Waals surface area contributed by atoms with Crippen LogP contribution in [0.1, 0.15) is 24.4 Å². The van der Waals surface area contributed by atoms with Crippen molar-refractivity contribution in [2.24, 2.45) is 0 Å². The van der Waals surface area contributed by atoms with Crippen LogP contribution in [0, 0.1) is 0 Å². The van der Waals surface area contributed by atoms with E-state index in [1.54, 1.807) is 35.8 Å². The van der Waals surface area contributed by atoms with Gasteiger partial charge in [0.2, 0.25) is 11.8 Å². The van der Waals surface area contributed by atoms with E-state index in [1.807, 2.05) is 47.1 Å². The van der Waals surface area contributed by atoms with E-state index >= 15 is 0 Å². The molecule has 2 aromatic carbocycles. The first kappa shape index (κ1) is 24.1. The molecule has 1 saturated heterocycles. The van der Waals surface area contributed by atoms with Crippen molar-refractivity contribution in [3.8, 4) is 21.7 Å². The summed E-state index contributed by atoms with van der Waals surface area (Å²) in [5.74, 6) is 0.180. The molecule has 5 aromatic rings. The molecule has 0 bridgehead atoms. The van der Waals surface area contributed by atoms with Crippen molar-refractivity contribution in [1.29, 1.82) is 0 Å². The molecule has 0 aliphatic carbocycles. The highest BCUT2D eigenvalue weighted by atomic mass is 32.1. The summed E-state index contributed by atoms with van der Waals surface area (Å²) < 4.78 is 1.92. The number of aromatic amines is 1. The van der Waals surface area contributed by atoms with Crippen LogP contribution < -0.4 is 10.6 Å². The first-order valence-corrected chi connectivity index (χ1v) is 13.3. The maximum Gasteiger partial charge on any atom is 0.248 e. The first-order valence-electron chi connectivity index (χ1n) is 12.5. The van der Waals surface area contributed by atoms with Crippen molar-refractivity contribution in [2.45, 2.75) is 24.9 Å². The molecule has 0 spiro atoms. The number of imidazole rings is 2. The van der Waals surface area contributed by atoms with Gasteiger partial charge in [-0.25, -0.2) is 9.97 Å². The van der Waals surface area contributed by atoms with Gasteiger partial charge in [-0.05, 0) is 36.6 Å². The largest absolute Gasteiger partial charge is 0.345 e. The lowest BCUT2D eigenvalue weighted by Gasteiger charge is -2.28. The van der Waals surface area contributed by atoms with Gasteiger partial charge in [-0.2, -0.15) is 0 Å². The third-order valence-electron chi connectivity index (χ3n) is 6.89. The van der Waals surface area contributed by atoms with Crippen LogP contribution in [0.4, 0.5) is 5.82 Å². The van der Waals surface area contributed by atoms with Gasteiger partial charge >= 0.3 is 0 Å². The molecule has 6 rings (SSSR count). The SMILES string of the molecule is CNC(C(=O)N1CCC[C@H]1C(=O)Nc1cn2cc(-c3ccc(-c4cnc[nH]4)cc3)sc2n1)c1ccccc1. The van der Waals surface area contributed by atoms with Crippen LogP contribution in [0.5, 0.6) is 0 Å². The number of fused-ring (bicyclic) bond motifs is 1. The van der Waals surface area contributed by atoms with E-state index in [1.165, 1.54) is 0 Å². The number of aromatic nitrogens is 4. The fraction of sp³-hybridized carbons (Fsp3) is 0.214. The second kappa shape index (κ2) is 10.2. The van der Waals surface area contributed by atoms with E-state index in [0.717, 1.165) is 38.6 Å². The molecular formula is C28H27N7O2S. The van der Waals surface area contributed by atoms with Gasteiger partial charge in [-0.1, -0.05) is 65.9 Å². The molecule has 0 saturated carbocycles. The summed E-state index contributed by atoms with van der Waals surface area (Å²) in [4.78, 5) is 41.9. The standard InChI is InChI=1S/C28H27N7O2S/c1-29-25(20-6-3-2-4-7-20)27(37)35-13-5-8-22(35)26(36)32-24-16-34-15-23(38-28(34)33-24)19-11-9-18(10-12-19)21-14-30-17-31-21/h2-4,6-7,9-12,14-17,22,25,29H,5,8,13H2,1H3,(H,30,31)(H,32,36)/t22-,25?/m0/s1. The maximum atomic E-state index is 13.4. The van der Waals surface area contributed by atoms with Crippen LogP contribution in [0.2, 0.25) is 0 Å². The summed E-state index contributed by atoms with van der Waals surface area (Å²) in [5, 5.41) is 6.04. The van der Waals surface area contributed by atoms with E-state index < -0.39 is 12.1 Å². The lowest BCUT2D eigenvalue weighted by molar-refractivity contribution is -0.138. The van der Waals surface area contributed by atoms with Gasteiger partial charge in [0.15, 0.2) is 10.8 Å². The van der Waals surface area contributed by atoms with Gasteiger partial charge in [-0.15, -0.1) is 0 Å². The quantitative estimate of drug-likeness (QED) is 0.293. The molecule has 2 atom stereocenters. The number of hydrogen-bond acceptors (Lipinski definition) is 6. The van der Waals surface area contributed by atoms with Crippen molar-refractivity contribution in [1.82, 2.24) is 29.6 Å². The Bertz CT molecular complexity index is 1530. The van der Waals surface area contributed by atoms with Crippen LogP contribution >= 0.6 is 11.3 Å². The van der Waals surface area contributed by atoms with E-state index in [0.29, 0.717) is 18.8 Å². The van der Waals surface area contributed by atoms with Crippen LogP contribution in [0.25, 0.3) is 26.7 Å². The number of benzene rings is 2. The van der Waals surface area contributed by atoms with Crippen molar-refractivity contribution in [2.75, 3.05) is 18.9 Å². The molecule has 192 valence electrons. The highest BCUT2D eigenvalue weighted by Gasteiger charge is 2.37. The second-order valence-corrected chi connectivity index (χ2v) is 10.3. The summed E-state index contributed by atoms with van der Waals surface area (Å²) in [7, 11) is 1.76. The van der Waals surface area contributed by atoms with Gasteiger partial charge in [0.05, 0.1) is 29.3 Å². The van der Waals surface area contributed by atoms with Crippen molar-refractivity contribution < 1.29 is 9.59 Å². The van der Waals surface area contributed by atoms with Crippen LogP contribution in [0.15, 0.2) is 79.5 Å². The van der Waals surface area contributed by atoms with Crippen molar-refractivity contribution >= 4 is 33.9 Å². The molecule has 1 fully saturated rings. The number of anilines is 1. The van der Waals surface area contributed by atoms with Gasteiger partial charge in [0, 0.05) is 12.7 Å². The average molecular weight is 526 g/mol. The molecular weight excluding hydrogens is 498 g/mol. The Morgan fingerprint density at radius 3 is 2.58 bits per heavy atom. The zero-order chi connectivity index (χ0) is 26.1. The number of hydrogen-bond donors (Lipinski definition) is 3. The Kier molecular flexibility index (Phi) is 6.48. The number of thiazole rings is 1. The number of likely N-dealkylation sites (N-methyl/N-ethyl adjacent to an activating group) is 1. The molecule has 1 aliphatic rings. The van der Waals surface area contributed by atoms with Gasteiger partial charge in [0.1, 0.15) is 12.1 Å². The fourth-order valence-corrected chi connectivity index (χ4v) is 5.95. The number of amides is 2. The topological polar surface area (TPSA) is 107 Å². The number of likely N-dealkylation sites (tertiary alicyclic amines) is 1. The Labute approximate surface area is 223 Å². The molecule has 3 aromatic heterocycles. The smallest absolute Gasteiger partial charge is 0.248 e. The number of nitrogens with one attached hydrogen (secondary N) is 3.